The Balaban J connectivity index is 1.67. The van der Waals surface area contributed by atoms with E-state index in [1.54, 1.807) is 24.3 Å². The van der Waals surface area contributed by atoms with Crippen molar-refractivity contribution in [3.05, 3.63) is 41.6 Å². The Labute approximate surface area is 176 Å². The summed E-state index contributed by atoms with van der Waals surface area (Å²) in [4.78, 5) is 36.0. The lowest BCUT2D eigenvalue weighted by Gasteiger charge is -2.24. The zero-order valence-electron chi connectivity index (χ0n) is 16.5. The van der Waals surface area contributed by atoms with Gasteiger partial charge >= 0.3 is 18.0 Å². The van der Waals surface area contributed by atoms with E-state index in [4.69, 9.17) is 20.4 Å². The number of amides is 2. The fraction of sp³-hybridized carbons (Fsp3) is 0.421. The molecular weight excluding hydrogens is 410 g/mol. The molecule has 1 saturated heterocycles. The van der Waals surface area contributed by atoms with Gasteiger partial charge in [0.15, 0.2) is 0 Å². The fourth-order valence-electron chi connectivity index (χ4n) is 3.38. The van der Waals surface area contributed by atoms with E-state index in [0.29, 0.717) is 25.8 Å². The minimum Gasteiger partial charge on any atom is -0.508 e. The molecule has 1 fully saturated rings. The first-order chi connectivity index (χ1) is 14.7. The Kier molecular flexibility index (Phi) is 6.70. The summed E-state index contributed by atoms with van der Waals surface area (Å²) in [6, 6.07) is 3.11. The van der Waals surface area contributed by atoms with E-state index in [0.717, 1.165) is 5.56 Å². The Morgan fingerprint density at radius 2 is 1.94 bits per heavy atom. The summed E-state index contributed by atoms with van der Waals surface area (Å²) in [5.74, 6) is -2.27. The van der Waals surface area contributed by atoms with Crippen molar-refractivity contribution in [2.45, 2.75) is 43.8 Å². The number of carboxylic acid groups (broad SMARTS) is 2. The van der Waals surface area contributed by atoms with Gasteiger partial charge in [-0.2, -0.15) is 0 Å². The second kappa shape index (κ2) is 9.43. The second-order valence-electron chi connectivity index (χ2n) is 7.25. The number of hydrogen-bond acceptors (Lipinski definition) is 8. The van der Waals surface area contributed by atoms with Gasteiger partial charge in [-0.1, -0.05) is 12.1 Å². The van der Waals surface area contributed by atoms with Crippen LogP contribution in [-0.2, 0) is 16.0 Å². The molecule has 1 aliphatic heterocycles. The molecule has 0 radical (unpaired) electrons. The van der Waals surface area contributed by atoms with E-state index in [1.165, 1.54) is 4.90 Å². The predicted octanol–water partition coefficient (Wildman–Crippen LogP) is 0.792. The van der Waals surface area contributed by atoms with Gasteiger partial charge in [0.2, 0.25) is 11.8 Å². The number of nitrogens with one attached hydrogen (secondary N) is 1. The van der Waals surface area contributed by atoms with E-state index in [-0.39, 0.29) is 17.5 Å². The number of phenols is 1. The number of aromatic nitrogens is 2. The van der Waals surface area contributed by atoms with Crippen LogP contribution in [0.1, 0.15) is 48.7 Å². The summed E-state index contributed by atoms with van der Waals surface area (Å²) in [5.41, 5.74) is 7.01. The van der Waals surface area contributed by atoms with E-state index < -0.39 is 42.5 Å². The van der Waals surface area contributed by atoms with Crippen molar-refractivity contribution >= 4 is 18.0 Å². The molecule has 31 heavy (non-hydrogen) atoms. The normalized spacial score (nSPS) is 17.8. The molecule has 0 aliphatic carbocycles. The van der Waals surface area contributed by atoms with Crippen LogP contribution in [-0.4, -0.2) is 61.0 Å². The van der Waals surface area contributed by atoms with Gasteiger partial charge in [0, 0.05) is 6.54 Å². The molecule has 0 saturated carbocycles. The van der Waals surface area contributed by atoms with Crippen LogP contribution in [0, 0.1) is 0 Å². The number of hydrogen-bond donors (Lipinski definition) is 5. The summed E-state index contributed by atoms with van der Waals surface area (Å²) in [5, 5.41) is 37.5. The van der Waals surface area contributed by atoms with Gasteiger partial charge in [-0.3, -0.25) is 4.79 Å². The van der Waals surface area contributed by atoms with Crippen LogP contribution in [0.3, 0.4) is 0 Å². The van der Waals surface area contributed by atoms with Crippen molar-refractivity contribution in [1.82, 2.24) is 20.4 Å². The second-order valence-corrected chi connectivity index (χ2v) is 7.25. The van der Waals surface area contributed by atoms with Gasteiger partial charge in [-0.05, 0) is 37.0 Å². The molecule has 2 amide bonds. The van der Waals surface area contributed by atoms with Crippen LogP contribution in [0.5, 0.6) is 5.75 Å². The Morgan fingerprint density at radius 3 is 2.58 bits per heavy atom. The molecule has 0 spiro atoms. The topological polar surface area (TPSA) is 192 Å². The molecule has 3 atom stereocenters. The van der Waals surface area contributed by atoms with Crippen molar-refractivity contribution in [3.8, 4) is 5.75 Å². The highest BCUT2D eigenvalue weighted by Crippen LogP contribution is 2.32. The third kappa shape index (κ3) is 5.48. The minimum absolute atomic E-state index is 0.144. The lowest BCUT2D eigenvalue weighted by atomic mass is 10.1. The smallest absolute Gasteiger partial charge is 0.326 e. The number of rotatable bonds is 8. The average Bonchev–Trinajstić information content (AvgIpc) is 3.38. The van der Waals surface area contributed by atoms with Crippen LogP contribution in [0.4, 0.5) is 4.79 Å². The van der Waals surface area contributed by atoms with Crippen molar-refractivity contribution in [2.24, 2.45) is 5.73 Å². The van der Waals surface area contributed by atoms with E-state index >= 15 is 0 Å². The maximum Gasteiger partial charge on any atom is 0.326 e. The summed E-state index contributed by atoms with van der Waals surface area (Å²) in [7, 11) is 0. The molecule has 1 aromatic carbocycles. The number of aromatic hydroxyl groups is 1. The lowest BCUT2D eigenvalue weighted by Crippen LogP contribution is -2.48. The number of carbonyl (C=O) groups excluding carboxylic acids is 1. The molecule has 1 unspecified atom stereocenters. The van der Waals surface area contributed by atoms with Crippen LogP contribution in [0.2, 0.25) is 0 Å². The maximum absolute atomic E-state index is 12.6. The summed E-state index contributed by atoms with van der Waals surface area (Å²) < 4.78 is 5.69. The lowest BCUT2D eigenvalue weighted by molar-refractivity contribution is -0.145. The fourth-order valence-corrected chi connectivity index (χ4v) is 3.38. The number of benzene rings is 1. The van der Waals surface area contributed by atoms with E-state index in [2.05, 4.69) is 15.5 Å². The van der Waals surface area contributed by atoms with Crippen molar-refractivity contribution in [2.75, 3.05) is 6.54 Å². The standard InChI is InChI=1S/C19H23N5O7/c20-12(8-10-3-5-11(25)6-4-10)16-22-23-17(31-16)14-2-1-7-24(14)19(30)21-13(18(28)29)9-15(26)27/h3-6,12-14,25H,1-2,7-9,20H2,(H,21,30)(H,26,27)(H,28,29)/t12-,13?,14-/m0/s1. The summed E-state index contributed by atoms with van der Waals surface area (Å²) >= 11 is 0. The molecule has 6 N–H and O–H groups in total. The molecule has 2 heterocycles. The van der Waals surface area contributed by atoms with Crippen molar-refractivity contribution < 1.29 is 34.1 Å². The predicted molar refractivity (Wildman–Crippen MR) is 104 cm³/mol. The minimum atomic E-state index is -1.55. The molecule has 3 rings (SSSR count). The highest BCUT2D eigenvalue weighted by atomic mass is 16.4. The van der Waals surface area contributed by atoms with Crippen LogP contribution in [0.25, 0.3) is 0 Å². The first kappa shape index (κ1) is 22.0. The number of nitrogens with two attached hydrogens (primary N) is 1. The quantitative estimate of drug-likeness (QED) is 0.397. The van der Waals surface area contributed by atoms with Gasteiger partial charge in [-0.15, -0.1) is 10.2 Å². The number of urea groups is 1. The number of carboxylic acids is 2. The Bertz CT molecular complexity index is 945. The molecule has 1 aromatic heterocycles. The van der Waals surface area contributed by atoms with Gasteiger partial charge in [0.25, 0.3) is 0 Å². The van der Waals surface area contributed by atoms with Crippen molar-refractivity contribution in [3.63, 3.8) is 0 Å². The Hall–Kier alpha value is -3.67. The SMILES string of the molecule is N[C@@H](Cc1ccc(O)cc1)c1nnc([C@@H]2CCCN2C(=O)NC(CC(=O)O)C(=O)O)o1. The van der Waals surface area contributed by atoms with Crippen molar-refractivity contribution in [1.29, 1.82) is 0 Å². The van der Waals surface area contributed by atoms with Crippen LogP contribution >= 0.6 is 0 Å². The van der Waals surface area contributed by atoms with E-state index in [9.17, 15) is 19.5 Å². The van der Waals surface area contributed by atoms with E-state index in [1.807, 2.05) is 0 Å². The van der Waals surface area contributed by atoms with Crippen LogP contribution < -0.4 is 11.1 Å². The molecule has 1 aliphatic rings. The first-order valence-corrected chi connectivity index (χ1v) is 9.63. The molecule has 12 heteroatoms. The monoisotopic (exact) mass is 433 g/mol. The maximum atomic E-state index is 12.6. The molecule has 12 nitrogen and oxygen atoms in total. The highest BCUT2D eigenvalue weighted by Gasteiger charge is 2.36. The highest BCUT2D eigenvalue weighted by molar-refractivity contribution is 5.86. The molecule has 0 bridgehead atoms. The third-order valence-electron chi connectivity index (χ3n) is 4.94. The number of carbonyl (C=O) groups is 3. The number of nitrogens with zero attached hydrogens (tertiary/aromatic N) is 3. The molecular formula is C19H23N5O7. The molecule has 2 aromatic rings. The van der Waals surface area contributed by atoms with Gasteiger partial charge < -0.3 is 35.7 Å². The largest absolute Gasteiger partial charge is 0.508 e. The first-order valence-electron chi connectivity index (χ1n) is 9.63. The number of phenolic OH excluding ortho intramolecular Hbond substituents is 1. The Morgan fingerprint density at radius 1 is 1.23 bits per heavy atom. The number of aliphatic carboxylic acids is 2. The zero-order valence-corrected chi connectivity index (χ0v) is 16.5. The van der Waals surface area contributed by atoms with Gasteiger partial charge in [0.1, 0.15) is 17.8 Å². The van der Waals surface area contributed by atoms with Gasteiger partial charge in [-0.25, -0.2) is 9.59 Å². The number of likely N-dealkylation sites (tertiary alicyclic amines) is 1. The van der Waals surface area contributed by atoms with Gasteiger partial charge in [0.05, 0.1) is 12.5 Å². The average molecular weight is 433 g/mol. The van der Waals surface area contributed by atoms with Crippen LogP contribution in [0.15, 0.2) is 28.7 Å². The zero-order chi connectivity index (χ0) is 22.5. The summed E-state index contributed by atoms with van der Waals surface area (Å²) in [6.07, 6.45) is 0.813. The molecule has 166 valence electrons. The summed E-state index contributed by atoms with van der Waals surface area (Å²) in [6.45, 7) is 0.327. The third-order valence-corrected chi connectivity index (χ3v) is 4.94.